The third-order valence-electron chi connectivity index (χ3n) is 3.10. The van der Waals surface area contributed by atoms with E-state index in [2.05, 4.69) is 11.9 Å². The highest BCUT2D eigenvalue weighted by Crippen LogP contribution is 2.15. The number of hydrogen-bond donors (Lipinski definition) is 1. The van der Waals surface area contributed by atoms with Crippen molar-refractivity contribution < 1.29 is 9.47 Å². The fourth-order valence-electron chi connectivity index (χ4n) is 1.96. The first-order valence-electron chi connectivity index (χ1n) is 6.02. The summed E-state index contributed by atoms with van der Waals surface area (Å²) in [7, 11) is 2.11. The number of rotatable bonds is 5. The Balaban J connectivity index is 1.71. The summed E-state index contributed by atoms with van der Waals surface area (Å²) < 4.78 is 11.0. The first-order valence-corrected chi connectivity index (χ1v) is 6.02. The average Bonchev–Trinajstić information content (AvgIpc) is 2.82. The molecule has 0 aliphatic carbocycles. The first-order chi connectivity index (χ1) is 8.25. The SMILES string of the molecule is CN(CCOc1cccc(N)c1)C1CCOC1. The summed E-state index contributed by atoms with van der Waals surface area (Å²) in [6, 6.07) is 8.07. The van der Waals surface area contributed by atoms with Gasteiger partial charge in [0.2, 0.25) is 0 Å². The Kier molecular flexibility index (Phi) is 4.23. The zero-order valence-electron chi connectivity index (χ0n) is 10.3. The van der Waals surface area contributed by atoms with Crippen LogP contribution < -0.4 is 10.5 Å². The minimum absolute atomic E-state index is 0.541. The fourth-order valence-corrected chi connectivity index (χ4v) is 1.96. The second kappa shape index (κ2) is 5.89. The lowest BCUT2D eigenvalue weighted by Gasteiger charge is -2.22. The molecule has 4 nitrogen and oxygen atoms in total. The van der Waals surface area contributed by atoms with Crippen LogP contribution in [0.5, 0.6) is 5.75 Å². The van der Waals surface area contributed by atoms with Gasteiger partial charge in [0.25, 0.3) is 0 Å². The van der Waals surface area contributed by atoms with Gasteiger partial charge >= 0.3 is 0 Å². The van der Waals surface area contributed by atoms with Crippen molar-refractivity contribution in [3.05, 3.63) is 24.3 Å². The summed E-state index contributed by atoms with van der Waals surface area (Å²) in [5.74, 6) is 0.834. The van der Waals surface area contributed by atoms with E-state index in [4.69, 9.17) is 15.2 Å². The minimum Gasteiger partial charge on any atom is -0.492 e. The summed E-state index contributed by atoms with van der Waals surface area (Å²) >= 11 is 0. The molecule has 1 aliphatic heterocycles. The van der Waals surface area contributed by atoms with Crippen LogP contribution in [0.1, 0.15) is 6.42 Å². The lowest BCUT2D eigenvalue weighted by Crippen LogP contribution is -2.35. The molecule has 0 spiro atoms. The van der Waals surface area contributed by atoms with E-state index in [0.29, 0.717) is 12.6 Å². The van der Waals surface area contributed by atoms with E-state index in [0.717, 1.165) is 37.6 Å². The molecule has 0 radical (unpaired) electrons. The molecule has 1 aromatic carbocycles. The predicted molar refractivity (Wildman–Crippen MR) is 68.2 cm³/mol. The van der Waals surface area contributed by atoms with Gasteiger partial charge in [0.1, 0.15) is 12.4 Å². The molecule has 1 saturated heterocycles. The monoisotopic (exact) mass is 236 g/mol. The number of benzene rings is 1. The van der Waals surface area contributed by atoms with Crippen LogP contribution >= 0.6 is 0 Å². The van der Waals surface area contributed by atoms with Crippen molar-refractivity contribution in [2.75, 3.05) is 39.1 Å². The second-order valence-electron chi connectivity index (χ2n) is 4.42. The van der Waals surface area contributed by atoms with Crippen molar-refractivity contribution >= 4 is 5.69 Å². The van der Waals surface area contributed by atoms with E-state index in [9.17, 15) is 0 Å². The molecule has 4 heteroatoms. The Labute approximate surface area is 102 Å². The molecule has 2 N–H and O–H groups in total. The smallest absolute Gasteiger partial charge is 0.121 e. The number of nitrogen functional groups attached to an aromatic ring is 1. The summed E-state index contributed by atoms with van der Waals surface area (Å²) in [4.78, 5) is 2.29. The van der Waals surface area contributed by atoms with Gasteiger partial charge < -0.3 is 15.2 Å². The van der Waals surface area contributed by atoms with Gasteiger partial charge in [-0.2, -0.15) is 0 Å². The second-order valence-corrected chi connectivity index (χ2v) is 4.42. The third-order valence-corrected chi connectivity index (χ3v) is 3.10. The zero-order chi connectivity index (χ0) is 12.1. The Morgan fingerprint density at radius 3 is 3.12 bits per heavy atom. The van der Waals surface area contributed by atoms with Gasteiger partial charge in [-0.25, -0.2) is 0 Å². The molecule has 1 atom stereocenters. The van der Waals surface area contributed by atoms with E-state index in [1.807, 2.05) is 24.3 Å². The van der Waals surface area contributed by atoms with Gasteiger partial charge in [0, 0.05) is 30.9 Å². The van der Waals surface area contributed by atoms with Crippen LogP contribution in [0.15, 0.2) is 24.3 Å². The molecule has 1 aromatic rings. The molecular weight excluding hydrogens is 216 g/mol. The molecule has 1 fully saturated rings. The van der Waals surface area contributed by atoms with Gasteiger partial charge in [-0.15, -0.1) is 0 Å². The number of anilines is 1. The predicted octanol–water partition coefficient (Wildman–Crippen LogP) is 1.37. The Bertz CT molecular complexity index is 351. The number of nitrogens with zero attached hydrogens (tertiary/aromatic N) is 1. The van der Waals surface area contributed by atoms with Gasteiger partial charge in [-0.1, -0.05) is 6.07 Å². The average molecular weight is 236 g/mol. The van der Waals surface area contributed by atoms with Crippen LogP contribution in [0.3, 0.4) is 0 Å². The topological polar surface area (TPSA) is 47.7 Å². The van der Waals surface area contributed by atoms with Crippen molar-refractivity contribution in [3.63, 3.8) is 0 Å². The van der Waals surface area contributed by atoms with Gasteiger partial charge in [0.15, 0.2) is 0 Å². The zero-order valence-corrected chi connectivity index (χ0v) is 10.3. The molecule has 0 bridgehead atoms. The summed E-state index contributed by atoms with van der Waals surface area (Å²) in [5.41, 5.74) is 6.42. The molecule has 1 unspecified atom stereocenters. The van der Waals surface area contributed by atoms with Crippen molar-refractivity contribution in [1.29, 1.82) is 0 Å². The van der Waals surface area contributed by atoms with Gasteiger partial charge in [0.05, 0.1) is 6.61 Å². The lowest BCUT2D eigenvalue weighted by atomic mass is 10.2. The Morgan fingerprint density at radius 1 is 1.53 bits per heavy atom. The molecule has 1 heterocycles. The van der Waals surface area contributed by atoms with E-state index >= 15 is 0 Å². The van der Waals surface area contributed by atoms with Crippen molar-refractivity contribution in [2.24, 2.45) is 0 Å². The van der Waals surface area contributed by atoms with Gasteiger partial charge in [-0.05, 0) is 25.6 Å². The molecular formula is C13H20N2O2. The largest absolute Gasteiger partial charge is 0.492 e. The molecule has 17 heavy (non-hydrogen) atoms. The quantitative estimate of drug-likeness (QED) is 0.784. The van der Waals surface area contributed by atoms with E-state index < -0.39 is 0 Å². The van der Waals surface area contributed by atoms with Gasteiger partial charge in [-0.3, -0.25) is 4.90 Å². The van der Waals surface area contributed by atoms with Crippen LogP contribution in [0, 0.1) is 0 Å². The lowest BCUT2D eigenvalue weighted by molar-refractivity contribution is 0.147. The van der Waals surface area contributed by atoms with E-state index in [-0.39, 0.29) is 0 Å². The minimum atomic E-state index is 0.541. The standard InChI is InChI=1S/C13H20N2O2/c1-15(12-5-7-16-10-12)6-8-17-13-4-2-3-11(14)9-13/h2-4,9,12H,5-8,10,14H2,1H3. The van der Waals surface area contributed by atoms with Crippen molar-refractivity contribution in [3.8, 4) is 5.75 Å². The number of hydrogen-bond acceptors (Lipinski definition) is 4. The van der Waals surface area contributed by atoms with E-state index in [1.54, 1.807) is 0 Å². The van der Waals surface area contributed by atoms with Crippen LogP contribution in [-0.2, 0) is 4.74 Å². The maximum absolute atomic E-state index is 5.68. The number of likely N-dealkylation sites (N-methyl/N-ethyl adjacent to an activating group) is 1. The van der Waals surface area contributed by atoms with Crippen LogP contribution in [0.2, 0.25) is 0 Å². The maximum Gasteiger partial charge on any atom is 0.121 e. The molecule has 2 rings (SSSR count). The van der Waals surface area contributed by atoms with Crippen LogP contribution in [0.25, 0.3) is 0 Å². The highest BCUT2D eigenvalue weighted by Gasteiger charge is 2.19. The van der Waals surface area contributed by atoms with Crippen LogP contribution in [-0.4, -0.2) is 44.4 Å². The summed E-state index contributed by atoms with van der Waals surface area (Å²) in [5, 5.41) is 0. The highest BCUT2D eigenvalue weighted by molar-refractivity contribution is 5.43. The van der Waals surface area contributed by atoms with Crippen molar-refractivity contribution in [1.82, 2.24) is 4.90 Å². The summed E-state index contributed by atoms with van der Waals surface area (Å²) in [6.07, 6.45) is 1.12. The number of ether oxygens (including phenoxy) is 2. The Hall–Kier alpha value is -1.26. The normalized spacial score (nSPS) is 19.8. The fraction of sp³-hybridized carbons (Fsp3) is 0.538. The van der Waals surface area contributed by atoms with Crippen molar-refractivity contribution in [2.45, 2.75) is 12.5 Å². The molecule has 0 aromatic heterocycles. The Morgan fingerprint density at radius 2 is 2.41 bits per heavy atom. The molecule has 1 aliphatic rings. The molecule has 94 valence electrons. The van der Waals surface area contributed by atoms with Crippen LogP contribution in [0.4, 0.5) is 5.69 Å². The maximum atomic E-state index is 5.68. The summed E-state index contributed by atoms with van der Waals surface area (Å²) in [6.45, 7) is 3.30. The highest BCUT2D eigenvalue weighted by atomic mass is 16.5. The first kappa shape index (κ1) is 12.2. The molecule has 0 saturated carbocycles. The van der Waals surface area contributed by atoms with E-state index in [1.165, 1.54) is 0 Å². The third kappa shape index (κ3) is 3.61. The molecule has 0 amide bonds. The number of nitrogens with two attached hydrogens (primary N) is 1.